The number of anilines is 1. The van der Waals surface area contributed by atoms with Gasteiger partial charge in [0.25, 0.3) is 0 Å². The summed E-state index contributed by atoms with van der Waals surface area (Å²) in [5, 5.41) is 16.9. The molecule has 1 aliphatic heterocycles. The third-order valence-electron chi connectivity index (χ3n) is 6.62. The highest BCUT2D eigenvalue weighted by atomic mass is 15.3. The van der Waals surface area contributed by atoms with E-state index < -0.39 is 0 Å². The SMILES string of the molecule is Cc1cccnc1CN1C[C@H]2C[C@H](Nc3ccc(-c4cn(C)nc4C)nn3)C[C@H]2C1. The first-order valence-electron chi connectivity index (χ1n) is 10.8. The average Bonchev–Trinajstić information content (AvgIpc) is 3.37. The number of hydrogen-bond acceptors (Lipinski definition) is 6. The van der Waals surface area contributed by atoms with Crippen molar-refractivity contribution in [3.63, 3.8) is 0 Å². The fourth-order valence-corrected chi connectivity index (χ4v) is 5.15. The molecule has 2 aliphatic rings. The van der Waals surface area contributed by atoms with Crippen LogP contribution in [0.3, 0.4) is 0 Å². The quantitative estimate of drug-likeness (QED) is 0.705. The van der Waals surface area contributed by atoms with E-state index in [1.165, 1.54) is 37.2 Å². The molecule has 0 amide bonds. The summed E-state index contributed by atoms with van der Waals surface area (Å²) in [5.74, 6) is 2.39. The van der Waals surface area contributed by atoms with Crippen molar-refractivity contribution in [3.05, 3.63) is 53.6 Å². The largest absolute Gasteiger partial charge is 0.366 e. The third kappa shape index (κ3) is 3.81. The summed E-state index contributed by atoms with van der Waals surface area (Å²) in [6, 6.07) is 8.73. The van der Waals surface area contributed by atoms with Gasteiger partial charge in [-0.05, 0) is 62.3 Å². The number of pyridine rings is 1. The molecule has 1 N–H and O–H groups in total. The average molecular weight is 404 g/mol. The topological polar surface area (TPSA) is 71.8 Å². The highest BCUT2D eigenvalue weighted by Gasteiger charge is 2.41. The lowest BCUT2D eigenvalue weighted by Gasteiger charge is -2.20. The van der Waals surface area contributed by atoms with Gasteiger partial charge in [0.2, 0.25) is 0 Å². The molecular formula is C23H29N7. The minimum atomic E-state index is 0.485. The van der Waals surface area contributed by atoms with Crippen LogP contribution in [0.1, 0.15) is 29.8 Å². The van der Waals surface area contributed by atoms with Crippen LogP contribution < -0.4 is 5.32 Å². The van der Waals surface area contributed by atoms with Crippen molar-refractivity contribution >= 4 is 5.82 Å². The van der Waals surface area contributed by atoms with Gasteiger partial charge in [0.1, 0.15) is 5.82 Å². The van der Waals surface area contributed by atoms with E-state index in [2.05, 4.69) is 43.5 Å². The molecule has 1 saturated heterocycles. The van der Waals surface area contributed by atoms with Gasteiger partial charge in [-0.2, -0.15) is 5.10 Å². The first-order chi connectivity index (χ1) is 14.5. The van der Waals surface area contributed by atoms with E-state index >= 15 is 0 Å². The van der Waals surface area contributed by atoms with Crippen molar-refractivity contribution < 1.29 is 0 Å². The van der Waals surface area contributed by atoms with Crippen LogP contribution in [0.5, 0.6) is 0 Å². The lowest BCUT2D eigenvalue weighted by atomic mass is 10.0. The number of aromatic nitrogens is 5. The summed E-state index contributed by atoms with van der Waals surface area (Å²) in [5.41, 5.74) is 5.38. The molecule has 0 spiro atoms. The van der Waals surface area contributed by atoms with Crippen LogP contribution in [0.25, 0.3) is 11.3 Å². The maximum absolute atomic E-state index is 4.57. The predicted molar refractivity (Wildman–Crippen MR) is 117 cm³/mol. The zero-order valence-corrected chi connectivity index (χ0v) is 17.9. The fraction of sp³-hybridized carbons (Fsp3) is 0.478. The van der Waals surface area contributed by atoms with Crippen molar-refractivity contribution in [2.45, 2.75) is 39.3 Å². The summed E-state index contributed by atoms with van der Waals surface area (Å²) in [7, 11) is 1.93. The van der Waals surface area contributed by atoms with Gasteiger partial charge in [-0.15, -0.1) is 10.2 Å². The second-order valence-corrected chi connectivity index (χ2v) is 8.90. The maximum atomic E-state index is 4.57. The van der Waals surface area contributed by atoms with Gasteiger partial charge >= 0.3 is 0 Å². The molecule has 7 heteroatoms. The van der Waals surface area contributed by atoms with Gasteiger partial charge in [-0.3, -0.25) is 14.6 Å². The lowest BCUT2D eigenvalue weighted by molar-refractivity contribution is 0.297. The molecule has 0 radical (unpaired) electrons. The standard InChI is InChI=1S/C23H29N7/c1-15-5-4-8-24-22(15)14-30-11-17-9-19(10-18(17)12-30)25-23-7-6-21(26-27-23)20-13-29(3)28-16(20)2/h4-8,13,17-19H,9-12,14H2,1-3H3,(H,25,27)/t17-,18+,19+. The van der Waals surface area contributed by atoms with E-state index in [0.29, 0.717) is 6.04 Å². The van der Waals surface area contributed by atoms with Crippen LogP contribution in [-0.2, 0) is 13.6 Å². The maximum Gasteiger partial charge on any atom is 0.148 e. The Morgan fingerprint density at radius 1 is 1.07 bits per heavy atom. The molecule has 0 unspecified atom stereocenters. The van der Waals surface area contributed by atoms with Crippen LogP contribution in [0, 0.1) is 25.7 Å². The third-order valence-corrected chi connectivity index (χ3v) is 6.62. The Bertz CT molecular complexity index is 1010. The molecule has 1 saturated carbocycles. The van der Waals surface area contributed by atoms with Crippen molar-refractivity contribution in [1.82, 2.24) is 29.9 Å². The molecule has 30 heavy (non-hydrogen) atoms. The van der Waals surface area contributed by atoms with Crippen LogP contribution in [0.2, 0.25) is 0 Å². The van der Waals surface area contributed by atoms with Crippen LogP contribution in [-0.4, -0.2) is 49.0 Å². The second kappa shape index (κ2) is 7.80. The summed E-state index contributed by atoms with van der Waals surface area (Å²) >= 11 is 0. The van der Waals surface area contributed by atoms with Gasteiger partial charge in [-0.25, -0.2) is 0 Å². The Kier molecular flexibility index (Phi) is 4.98. The number of nitrogens with zero attached hydrogens (tertiary/aromatic N) is 6. The second-order valence-electron chi connectivity index (χ2n) is 8.90. The molecule has 2 fully saturated rings. The molecule has 156 valence electrons. The minimum absolute atomic E-state index is 0.485. The summed E-state index contributed by atoms with van der Waals surface area (Å²) in [6.45, 7) is 7.46. The number of likely N-dealkylation sites (tertiary alicyclic amines) is 1. The van der Waals surface area contributed by atoms with Crippen molar-refractivity contribution in [1.29, 1.82) is 0 Å². The first-order valence-corrected chi connectivity index (χ1v) is 10.8. The number of hydrogen-bond donors (Lipinski definition) is 1. The zero-order chi connectivity index (χ0) is 20.7. The summed E-state index contributed by atoms with van der Waals surface area (Å²) in [4.78, 5) is 7.14. The molecule has 0 aromatic carbocycles. The monoisotopic (exact) mass is 403 g/mol. The number of fused-ring (bicyclic) bond motifs is 1. The van der Waals surface area contributed by atoms with E-state index in [9.17, 15) is 0 Å². The Morgan fingerprint density at radius 2 is 1.87 bits per heavy atom. The number of aryl methyl sites for hydroxylation is 3. The van der Waals surface area contributed by atoms with E-state index in [1.807, 2.05) is 49.2 Å². The summed E-state index contributed by atoms with van der Waals surface area (Å²) < 4.78 is 1.81. The van der Waals surface area contributed by atoms with Crippen molar-refractivity contribution in [2.24, 2.45) is 18.9 Å². The Hall–Kier alpha value is -2.80. The Morgan fingerprint density at radius 3 is 2.50 bits per heavy atom. The lowest BCUT2D eigenvalue weighted by Crippen LogP contribution is -2.25. The molecule has 3 aromatic heterocycles. The minimum Gasteiger partial charge on any atom is -0.366 e. The van der Waals surface area contributed by atoms with Gasteiger partial charge in [0.05, 0.1) is 17.1 Å². The summed E-state index contributed by atoms with van der Waals surface area (Å²) in [6.07, 6.45) is 6.30. The molecule has 1 aliphatic carbocycles. The molecule has 3 aromatic rings. The van der Waals surface area contributed by atoms with Crippen LogP contribution in [0.4, 0.5) is 5.82 Å². The van der Waals surface area contributed by atoms with Crippen LogP contribution in [0.15, 0.2) is 36.7 Å². The van der Waals surface area contributed by atoms with Crippen LogP contribution >= 0.6 is 0 Å². The van der Waals surface area contributed by atoms with Gasteiger partial charge in [0, 0.05) is 50.7 Å². The van der Waals surface area contributed by atoms with Crippen molar-refractivity contribution in [3.8, 4) is 11.3 Å². The van der Waals surface area contributed by atoms with E-state index in [4.69, 9.17) is 0 Å². The molecular weight excluding hydrogens is 374 g/mol. The molecule has 7 nitrogen and oxygen atoms in total. The molecule has 0 bridgehead atoms. The van der Waals surface area contributed by atoms with Gasteiger partial charge in [0.15, 0.2) is 0 Å². The number of rotatable bonds is 5. The normalized spacial score (nSPS) is 23.6. The van der Waals surface area contributed by atoms with E-state index in [0.717, 1.165) is 41.1 Å². The van der Waals surface area contributed by atoms with Crippen molar-refractivity contribution in [2.75, 3.05) is 18.4 Å². The predicted octanol–water partition coefficient (Wildman–Crippen LogP) is 3.21. The highest BCUT2D eigenvalue weighted by molar-refractivity contribution is 5.61. The first kappa shape index (κ1) is 19.2. The molecule has 4 heterocycles. The highest BCUT2D eigenvalue weighted by Crippen LogP contribution is 2.39. The Labute approximate surface area is 177 Å². The smallest absolute Gasteiger partial charge is 0.148 e. The molecule has 5 rings (SSSR count). The van der Waals surface area contributed by atoms with E-state index in [-0.39, 0.29) is 0 Å². The van der Waals surface area contributed by atoms with E-state index in [1.54, 1.807) is 0 Å². The number of nitrogens with one attached hydrogen (secondary N) is 1. The van der Waals surface area contributed by atoms with Gasteiger partial charge < -0.3 is 5.32 Å². The fourth-order valence-electron chi connectivity index (χ4n) is 5.15. The Balaban J connectivity index is 1.16. The zero-order valence-electron chi connectivity index (χ0n) is 17.9. The molecule has 3 atom stereocenters. The van der Waals surface area contributed by atoms with Gasteiger partial charge in [-0.1, -0.05) is 6.07 Å².